The smallest absolute Gasteiger partial charge is 0.230 e. The summed E-state index contributed by atoms with van der Waals surface area (Å²) in [6, 6.07) is 5.56. The molecule has 0 aliphatic heterocycles. The highest BCUT2D eigenvalue weighted by Gasteiger charge is 2.22. The van der Waals surface area contributed by atoms with Crippen molar-refractivity contribution in [1.82, 2.24) is 0 Å². The molecule has 1 rings (SSSR count). The lowest BCUT2D eigenvalue weighted by atomic mass is 10.2. The highest BCUT2D eigenvalue weighted by molar-refractivity contribution is 8.10. The molecule has 0 saturated carbocycles. The second-order valence-electron chi connectivity index (χ2n) is 4.08. The van der Waals surface area contributed by atoms with E-state index < -0.39 is 0 Å². The van der Waals surface area contributed by atoms with Crippen LogP contribution in [0.1, 0.15) is 5.56 Å². The van der Waals surface area contributed by atoms with Crippen LogP contribution >= 0.6 is 36.4 Å². The Labute approximate surface area is 112 Å². The molecule has 0 N–H and O–H groups in total. The van der Waals surface area contributed by atoms with Gasteiger partial charge in [-0.25, -0.2) is 0 Å². The molecule has 0 spiro atoms. The molecule has 1 aromatic rings. The summed E-state index contributed by atoms with van der Waals surface area (Å²) in [5, 5.41) is 0.695. The van der Waals surface area contributed by atoms with E-state index in [-0.39, 0.29) is 0 Å². The van der Waals surface area contributed by atoms with Crippen molar-refractivity contribution in [2.24, 2.45) is 0 Å². The number of quaternary nitrogens is 1. The molecule has 0 atom stereocenters. The Bertz CT molecular complexity index is 407. The van der Waals surface area contributed by atoms with Crippen LogP contribution in [0.4, 0.5) is 0 Å². The lowest BCUT2D eigenvalue weighted by Crippen LogP contribution is -2.40. The van der Waals surface area contributed by atoms with E-state index in [1.807, 2.05) is 32.3 Å². The molecule has 16 heavy (non-hydrogen) atoms. The van der Waals surface area contributed by atoms with Gasteiger partial charge in [-0.1, -0.05) is 24.2 Å². The van der Waals surface area contributed by atoms with Crippen molar-refractivity contribution in [2.45, 2.75) is 6.54 Å². The van der Waals surface area contributed by atoms with Gasteiger partial charge in [0.15, 0.2) is 0 Å². The normalized spacial score (nSPS) is 11.3. The Morgan fingerprint density at radius 1 is 1.50 bits per heavy atom. The number of benzene rings is 1. The number of rotatable bonds is 3. The van der Waals surface area contributed by atoms with Crippen LogP contribution in [-0.2, 0) is 6.54 Å². The number of methoxy groups -OCH3 is 1. The molecule has 0 amide bonds. The van der Waals surface area contributed by atoms with E-state index in [9.17, 15) is 0 Å². The third kappa shape index (κ3) is 3.35. The SMILES string of the molecule is COc1ccc(Cl)cc1C[N+](C)(C)C(=S)S. The van der Waals surface area contributed by atoms with Gasteiger partial charge < -0.3 is 4.74 Å². The minimum absolute atomic E-state index is 0.509. The molecule has 2 nitrogen and oxygen atoms in total. The molecule has 0 radical (unpaired) electrons. The van der Waals surface area contributed by atoms with E-state index in [1.165, 1.54) is 0 Å². The first kappa shape index (κ1) is 13.8. The Balaban J connectivity index is 3.04. The van der Waals surface area contributed by atoms with Gasteiger partial charge in [0, 0.05) is 5.02 Å². The number of halogens is 1. The van der Waals surface area contributed by atoms with Crippen LogP contribution in [0.15, 0.2) is 18.2 Å². The zero-order valence-electron chi connectivity index (χ0n) is 9.53. The summed E-state index contributed by atoms with van der Waals surface area (Å²) >= 11 is 15.3. The van der Waals surface area contributed by atoms with Gasteiger partial charge >= 0.3 is 0 Å². The van der Waals surface area contributed by atoms with Gasteiger partial charge in [-0.2, -0.15) is 0 Å². The second-order valence-corrected chi connectivity index (χ2v) is 5.63. The fourth-order valence-electron chi connectivity index (χ4n) is 1.36. The average molecular weight is 277 g/mol. The van der Waals surface area contributed by atoms with E-state index in [4.69, 9.17) is 28.6 Å². The molecule has 5 heteroatoms. The van der Waals surface area contributed by atoms with Gasteiger partial charge in [-0.3, -0.25) is 4.48 Å². The van der Waals surface area contributed by atoms with Gasteiger partial charge in [0.1, 0.15) is 12.3 Å². The van der Waals surface area contributed by atoms with Crippen molar-refractivity contribution in [2.75, 3.05) is 21.2 Å². The van der Waals surface area contributed by atoms with Crippen LogP contribution < -0.4 is 4.74 Å². The molecule has 0 saturated heterocycles. The fourth-order valence-corrected chi connectivity index (χ4v) is 1.69. The molecule has 0 unspecified atom stereocenters. The zero-order chi connectivity index (χ0) is 12.3. The lowest BCUT2D eigenvalue weighted by molar-refractivity contribution is -0.807. The standard InChI is InChI=1S/C11H14ClNOS2/c1-13(2,11(15)16)7-8-6-9(12)4-5-10(8)14-3/h4-6H,7H2,1-3H3/p+1. The minimum Gasteiger partial charge on any atom is -0.496 e. The Morgan fingerprint density at radius 3 is 2.62 bits per heavy atom. The second kappa shape index (κ2) is 5.36. The number of hydrogen-bond donors (Lipinski definition) is 1. The Kier molecular flexibility index (Phi) is 4.62. The average Bonchev–Trinajstić information content (AvgIpc) is 2.17. The largest absolute Gasteiger partial charge is 0.496 e. The third-order valence-corrected chi connectivity index (χ3v) is 3.60. The molecule has 0 aromatic heterocycles. The molecule has 0 bridgehead atoms. The van der Waals surface area contributed by atoms with Gasteiger partial charge in [0.2, 0.25) is 4.32 Å². The summed E-state index contributed by atoms with van der Waals surface area (Å²) in [6.07, 6.45) is 0. The summed E-state index contributed by atoms with van der Waals surface area (Å²) in [5.74, 6) is 0.820. The highest BCUT2D eigenvalue weighted by Crippen LogP contribution is 2.25. The summed E-state index contributed by atoms with van der Waals surface area (Å²) in [6.45, 7) is 0.700. The van der Waals surface area contributed by atoms with Crippen LogP contribution in [0, 0.1) is 0 Å². The minimum atomic E-state index is 0.509. The van der Waals surface area contributed by atoms with Crippen molar-refractivity contribution < 1.29 is 9.22 Å². The summed E-state index contributed by atoms with van der Waals surface area (Å²) < 4.78 is 6.43. The third-order valence-electron chi connectivity index (χ3n) is 2.33. The summed E-state index contributed by atoms with van der Waals surface area (Å²) in [4.78, 5) is 0. The summed E-state index contributed by atoms with van der Waals surface area (Å²) in [7, 11) is 5.64. The summed E-state index contributed by atoms with van der Waals surface area (Å²) in [5.41, 5.74) is 1.02. The van der Waals surface area contributed by atoms with Crippen LogP contribution in [0.5, 0.6) is 5.75 Å². The monoisotopic (exact) mass is 276 g/mol. The van der Waals surface area contributed by atoms with E-state index in [0.717, 1.165) is 11.3 Å². The first-order chi connectivity index (χ1) is 7.36. The van der Waals surface area contributed by atoms with Crippen LogP contribution in [0.2, 0.25) is 5.02 Å². The van der Waals surface area contributed by atoms with Crippen LogP contribution in [0.3, 0.4) is 0 Å². The van der Waals surface area contributed by atoms with Crippen molar-refractivity contribution in [3.8, 4) is 5.75 Å². The Morgan fingerprint density at radius 2 is 2.12 bits per heavy atom. The first-order valence-corrected chi connectivity index (χ1v) is 5.99. The maximum absolute atomic E-state index is 5.97. The fraction of sp³-hybridized carbons (Fsp3) is 0.364. The van der Waals surface area contributed by atoms with Crippen molar-refractivity contribution >= 4 is 40.8 Å². The molecular formula is C11H15ClNOS2+. The van der Waals surface area contributed by atoms with Gasteiger partial charge in [-0.15, -0.1) is 0 Å². The van der Waals surface area contributed by atoms with Crippen molar-refractivity contribution in [1.29, 1.82) is 0 Å². The van der Waals surface area contributed by atoms with Crippen LogP contribution in [0.25, 0.3) is 0 Å². The molecular weight excluding hydrogens is 262 g/mol. The maximum Gasteiger partial charge on any atom is 0.230 e. The van der Waals surface area contributed by atoms with Gasteiger partial charge in [0.25, 0.3) is 0 Å². The van der Waals surface area contributed by atoms with Crippen molar-refractivity contribution in [3.63, 3.8) is 0 Å². The first-order valence-electron chi connectivity index (χ1n) is 4.75. The quantitative estimate of drug-likeness (QED) is 0.516. The number of thiocarbonyl (C=S) groups is 1. The Hall–Kier alpha value is -0.290. The molecule has 1 aromatic carbocycles. The number of nitrogens with zero attached hydrogens (tertiary/aromatic N) is 1. The van der Waals surface area contributed by atoms with Gasteiger partial charge in [-0.05, 0) is 30.4 Å². The van der Waals surface area contributed by atoms with Crippen molar-refractivity contribution in [3.05, 3.63) is 28.8 Å². The predicted octanol–water partition coefficient (Wildman–Crippen LogP) is 3.14. The highest BCUT2D eigenvalue weighted by atomic mass is 35.5. The van der Waals surface area contributed by atoms with Gasteiger partial charge in [0.05, 0.1) is 26.8 Å². The van der Waals surface area contributed by atoms with E-state index >= 15 is 0 Å². The maximum atomic E-state index is 5.97. The molecule has 88 valence electrons. The number of thiol groups is 1. The van der Waals surface area contributed by atoms with E-state index in [1.54, 1.807) is 7.11 Å². The molecule has 0 heterocycles. The zero-order valence-corrected chi connectivity index (χ0v) is 12.0. The van der Waals surface area contributed by atoms with E-state index in [2.05, 4.69) is 12.6 Å². The topological polar surface area (TPSA) is 9.23 Å². The van der Waals surface area contributed by atoms with E-state index in [0.29, 0.717) is 20.4 Å². The molecule has 0 fully saturated rings. The number of hydrogen-bond acceptors (Lipinski definition) is 2. The van der Waals surface area contributed by atoms with Crippen LogP contribution in [-0.4, -0.2) is 30.0 Å². The molecule has 0 aliphatic rings. The predicted molar refractivity (Wildman–Crippen MR) is 75.4 cm³/mol. The lowest BCUT2D eigenvalue weighted by Gasteiger charge is -2.27. The number of ether oxygens (including phenoxy) is 1. The molecule has 0 aliphatic carbocycles.